The molecule has 0 saturated carbocycles. The molecule has 0 fully saturated rings. The fraction of sp³-hybridized carbons (Fsp3) is 0.258. The van der Waals surface area contributed by atoms with Crippen LogP contribution in [-0.4, -0.2) is 44.2 Å². The molecule has 3 aromatic carbocycles. The summed E-state index contributed by atoms with van der Waals surface area (Å²) in [4.78, 5) is 4.29. The monoisotopic (exact) mass is 608 g/mol. The average Bonchev–Trinajstić information content (AvgIpc) is 3.43. The Morgan fingerprint density at radius 1 is 1.07 bits per heavy atom. The minimum atomic E-state index is -4.75. The van der Waals surface area contributed by atoms with Crippen molar-refractivity contribution in [3.63, 3.8) is 0 Å². The van der Waals surface area contributed by atoms with Crippen molar-refractivity contribution in [2.75, 3.05) is 11.9 Å². The molecule has 1 unspecified atom stereocenters. The molecule has 1 heterocycles. The lowest BCUT2D eigenvalue weighted by Crippen LogP contribution is -2.47. The van der Waals surface area contributed by atoms with E-state index < -0.39 is 12.7 Å². The summed E-state index contributed by atoms with van der Waals surface area (Å²) in [5, 5.41) is 23.9. The number of anilines is 1. The number of alkyl halides is 3. The number of hydrogen-bond donors (Lipinski definition) is 4. The SMILES string of the molecule is Cc1ccc(C(C)C)c(NC(=S)NC(O)NCCC#Cc2ccc(-c3ncn(-c4ccc(OC(F)(F)F)cc4)n3)cc2)c1. The largest absolute Gasteiger partial charge is 0.573 e. The molecule has 1 aromatic heterocycles. The third kappa shape index (κ3) is 9.54. The van der Waals surface area contributed by atoms with Gasteiger partial charge in [0.1, 0.15) is 12.1 Å². The van der Waals surface area contributed by atoms with E-state index >= 15 is 0 Å². The number of nitrogens with zero attached hydrogens (tertiary/aromatic N) is 3. The zero-order valence-corrected chi connectivity index (χ0v) is 24.6. The van der Waals surface area contributed by atoms with Gasteiger partial charge in [0.15, 0.2) is 17.3 Å². The van der Waals surface area contributed by atoms with Gasteiger partial charge in [-0.2, -0.15) is 0 Å². The molecule has 0 aliphatic rings. The summed E-state index contributed by atoms with van der Waals surface area (Å²) in [7, 11) is 0. The van der Waals surface area contributed by atoms with Crippen LogP contribution in [-0.2, 0) is 0 Å². The van der Waals surface area contributed by atoms with Gasteiger partial charge in [0.05, 0.1) is 5.69 Å². The van der Waals surface area contributed by atoms with Crippen LogP contribution >= 0.6 is 12.2 Å². The molecule has 0 spiro atoms. The number of nitrogens with one attached hydrogen (secondary N) is 3. The summed E-state index contributed by atoms with van der Waals surface area (Å²) < 4.78 is 42.5. The maximum absolute atomic E-state index is 12.4. The molecule has 1 atom stereocenters. The molecule has 0 saturated heterocycles. The third-order valence-electron chi connectivity index (χ3n) is 6.14. The summed E-state index contributed by atoms with van der Waals surface area (Å²) >= 11 is 5.36. The van der Waals surface area contributed by atoms with Gasteiger partial charge in [0.25, 0.3) is 0 Å². The van der Waals surface area contributed by atoms with Crippen LogP contribution in [0.1, 0.15) is 42.9 Å². The first-order valence-corrected chi connectivity index (χ1v) is 13.8. The first kappa shape index (κ1) is 31.5. The van der Waals surface area contributed by atoms with E-state index in [-0.39, 0.29) is 5.75 Å². The average molecular weight is 609 g/mol. The highest BCUT2D eigenvalue weighted by Gasteiger charge is 2.31. The van der Waals surface area contributed by atoms with Crippen molar-refractivity contribution >= 4 is 23.0 Å². The Balaban J connectivity index is 1.23. The fourth-order valence-electron chi connectivity index (χ4n) is 4.07. The third-order valence-corrected chi connectivity index (χ3v) is 6.36. The van der Waals surface area contributed by atoms with Crippen LogP contribution in [0.25, 0.3) is 17.1 Å². The van der Waals surface area contributed by atoms with E-state index in [0.717, 1.165) is 27.9 Å². The molecular weight excluding hydrogens is 577 g/mol. The van der Waals surface area contributed by atoms with Crippen molar-refractivity contribution in [2.24, 2.45) is 0 Å². The first-order chi connectivity index (χ1) is 20.5. The van der Waals surface area contributed by atoms with Crippen LogP contribution < -0.4 is 20.7 Å². The maximum Gasteiger partial charge on any atom is 0.573 e. The molecule has 4 N–H and O–H groups in total. The van der Waals surface area contributed by atoms with Gasteiger partial charge >= 0.3 is 6.36 Å². The number of thiocarbonyl (C=S) groups is 1. The van der Waals surface area contributed by atoms with E-state index in [1.165, 1.54) is 35.3 Å². The van der Waals surface area contributed by atoms with E-state index in [0.29, 0.717) is 35.5 Å². The van der Waals surface area contributed by atoms with E-state index in [4.69, 9.17) is 12.2 Å². The number of rotatable bonds is 9. The second-order valence-corrected chi connectivity index (χ2v) is 10.3. The van der Waals surface area contributed by atoms with E-state index in [1.807, 2.05) is 37.3 Å². The number of benzene rings is 3. The maximum atomic E-state index is 12.4. The van der Waals surface area contributed by atoms with Gasteiger partial charge in [-0.3, -0.25) is 5.32 Å². The molecule has 0 aliphatic carbocycles. The first-order valence-electron chi connectivity index (χ1n) is 13.4. The number of aromatic nitrogens is 3. The predicted molar refractivity (Wildman–Crippen MR) is 164 cm³/mol. The lowest BCUT2D eigenvalue weighted by Gasteiger charge is -2.19. The smallest absolute Gasteiger partial charge is 0.406 e. The van der Waals surface area contributed by atoms with Gasteiger partial charge in [0.2, 0.25) is 0 Å². The number of halogens is 3. The van der Waals surface area contributed by atoms with Crippen molar-refractivity contribution in [3.8, 4) is 34.7 Å². The molecule has 4 aromatic rings. The van der Waals surface area contributed by atoms with Gasteiger partial charge in [-0.05, 0) is 90.8 Å². The molecule has 0 amide bonds. The summed E-state index contributed by atoms with van der Waals surface area (Å²) in [5.41, 5.74) is 5.25. The Morgan fingerprint density at radius 3 is 2.47 bits per heavy atom. The standard InChI is InChI=1S/C31H31F3N6O2S/c1-20(2)26-16-7-21(3)18-27(26)37-30(43)38-29(41)35-17-5-4-6-22-8-10-23(11-9-22)28-36-19-40(39-28)24-12-14-25(15-13-24)42-31(32,33)34/h7-16,18-20,29,35,41H,5,17H2,1-3H3,(H2,37,38,43). The van der Waals surface area contributed by atoms with Crippen molar-refractivity contribution in [3.05, 3.63) is 89.7 Å². The summed E-state index contributed by atoms with van der Waals surface area (Å²) in [6.45, 7) is 6.67. The highest BCUT2D eigenvalue weighted by atomic mass is 32.1. The molecule has 4 rings (SSSR count). The zero-order valence-electron chi connectivity index (χ0n) is 23.7. The lowest BCUT2D eigenvalue weighted by molar-refractivity contribution is -0.274. The second-order valence-electron chi connectivity index (χ2n) is 9.88. The Labute approximate surface area is 253 Å². The number of hydrogen-bond acceptors (Lipinski definition) is 6. The summed E-state index contributed by atoms with van der Waals surface area (Å²) in [5.74, 6) is 6.61. The van der Waals surface area contributed by atoms with Crippen LogP contribution in [0.5, 0.6) is 5.75 Å². The van der Waals surface area contributed by atoms with E-state index in [9.17, 15) is 18.3 Å². The Kier molecular flexibility index (Phi) is 10.4. The van der Waals surface area contributed by atoms with Crippen molar-refractivity contribution in [1.82, 2.24) is 25.4 Å². The molecule has 0 aliphatic heterocycles. The number of ether oxygens (including phenoxy) is 1. The van der Waals surface area contributed by atoms with Crippen molar-refractivity contribution in [1.29, 1.82) is 0 Å². The fourth-order valence-corrected chi connectivity index (χ4v) is 4.30. The molecular formula is C31H31F3N6O2S. The summed E-state index contributed by atoms with van der Waals surface area (Å²) in [6.07, 6.45) is -3.81. The molecule has 8 nitrogen and oxygen atoms in total. The lowest BCUT2D eigenvalue weighted by atomic mass is 9.99. The number of aliphatic hydroxyl groups is 1. The van der Waals surface area contributed by atoms with E-state index in [1.54, 1.807) is 0 Å². The van der Waals surface area contributed by atoms with Crippen LogP contribution in [0.15, 0.2) is 73.1 Å². The quantitative estimate of drug-likeness (QED) is 0.0813. The van der Waals surface area contributed by atoms with Crippen LogP contribution in [0.3, 0.4) is 0 Å². The Morgan fingerprint density at radius 2 is 1.79 bits per heavy atom. The minimum Gasteiger partial charge on any atom is -0.406 e. The predicted octanol–water partition coefficient (Wildman–Crippen LogP) is 5.86. The minimum absolute atomic E-state index is 0.312. The number of aliphatic hydroxyl groups excluding tert-OH is 1. The van der Waals surface area contributed by atoms with Crippen molar-refractivity contribution in [2.45, 2.75) is 45.8 Å². The summed E-state index contributed by atoms with van der Waals surface area (Å²) in [6, 6.07) is 18.9. The highest BCUT2D eigenvalue weighted by molar-refractivity contribution is 7.80. The molecule has 0 bridgehead atoms. The topological polar surface area (TPSA) is 96.3 Å². The molecule has 224 valence electrons. The van der Waals surface area contributed by atoms with Gasteiger partial charge in [-0.25, -0.2) is 9.67 Å². The Hall–Kier alpha value is -4.44. The molecule has 43 heavy (non-hydrogen) atoms. The van der Waals surface area contributed by atoms with Crippen LogP contribution in [0.2, 0.25) is 0 Å². The molecule has 0 radical (unpaired) electrons. The highest BCUT2D eigenvalue weighted by Crippen LogP contribution is 2.26. The van der Waals surface area contributed by atoms with Gasteiger partial charge in [0, 0.05) is 29.8 Å². The van der Waals surface area contributed by atoms with E-state index in [2.05, 4.69) is 68.6 Å². The van der Waals surface area contributed by atoms with Gasteiger partial charge in [-0.1, -0.05) is 37.8 Å². The van der Waals surface area contributed by atoms with Crippen molar-refractivity contribution < 1.29 is 23.0 Å². The zero-order chi connectivity index (χ0) is 31.0. The number of aryl methyl sites for hydroxylation is 1. The van der Waals surface area contributed by atoms with Gasteiger partial charge < -0.3 is 20.5 Å². The van der Waals surface area contributed by atoms with Crippen LogP contribution in [0, 0.1) is 18.8 Å². The van der Waals surface area contributed by atoms with Gasteiger partial charge in [-0.15, -0.1) is 18.3 Å². The normalized spacial score (nSPS) is 11.9. The Bertz CT molecular complexity index is 1590. The van der Waals surface area contributed by atoms with Crippen LogP contribution in [0.4, 0.5) is 18.9 Å². The second kappa shape index (κ2) is 14.2. The molecule has 12 heteroatoms.